The van der Waals surface area contributed by atoms with Crippen molar-refractivity contribution in [2.24, 2.45) is 5.92 Å². The Bertz CT molecular complexity index is 201. The van der Waals surface area contributed by atoms with Crippen LogP contribution in [0.25, 0.3) is 0 Å². The zero-order chi connectivity index (χ0) is 11.1. The number of nitrogens with one attached hydrogen (secondary N) is 1. The maximum absolute atomic E-state index is 10.5. The number of aliphatic carboxylic acids is 1. The van der Waals surface area contributed by atoms with E-state index in [2.05, 4.69) is 32.7 Å². The van der Waals surface area contributed by atoms with Crippen LogP contribution in [0.4, 0.5) is 0 Å². The van der Waals surface area contributed by atoms with E-state index in [-0.39, 0.29) is 5.57 Å². The highest BCUT2D eigenvalue weighted by molar-refractivity contribution is 5.86. The molecule has 0 saturated heterocycles. The minimum atomic E-state index is -0.923. The van der Waals surface area contributed by atoms with Gasteiger partial charge in [0.25, 0.3) is 0 Å². The van der Waals surface area contributed by atoms with Crippen molar-refractivity contribution < 1.29 is 9.90 Å². The summed E-state index contributed by atoms with van der Waals surface area (Å²) >= 11 is 0. The summed E-state index contributed by atoms with van der Waals surface area (Å²) in [5, 5.41) is 11.7. The van der Waals surface area contributed by atoms with Crippen molar-refractivity contribution in [2.75, 3.05) is 6.54 Å². The molecule has 0 aromatic carbocycles. The van der Waals surface area contributed by atoms with Gasteiger partial charge in [-0.3, -0.25) is 0 Å². The molecule has 3 nitrogen and oxygen atoms in total. The van der Waals surface area contributed by atoms with Crippen molar-refractivity contribution in [2.45, 2.75) is 39.7 Å². The minimum absolute atomic E-state index is 0.223. The number of carboxylic acid groups (broad SMARTS) is 1. The molecule has 0 spiro atoms. The van der Waals surface area contributed by atoms with Gasteiger partial charge < -0.3 is 10.4 Å². The van der Waals surface area contributed by atoms with Gasteiger partial charge in [-0.05, 0) is 19.3 Å². The summed E-state index contributed by atoms with van der Waals surface area (Å²) in [6, 6.07) is 0.348. The molecule has 0 aromatic rings. The average Bonchev–Trinajstić information content (AvgIpc) is 2.13. The summed E-state index contributed by atoms with van der Waals surface area (Å²) in [6.07, 6.45) is 2.23. The molecule has 0 amide bonds. The third-order valence-corrected chi connectivity index (χ3v) is 2.42. The first kappa shape index (κ1) is 13.2. The molecule has 0 heterocycles. The first-order chi connectivity index (χ1) is 6.47. The second-order valence-electron chi connectivity index (χ2n) is 3.94. The van der Waals surface area contributed by atoms with E-state index in [1.807, 2.05) is 0 Å². The van der Waals surface area contributed by atoms with Gasteiger partial charge in [-0.15, -0.1) is 0 Å². The molecule has 0 bridgehead atoms. The van der Waals surface area contributed by atoms with Gasteiger partial charge in [0, 0.05) is 18.2 Å². The maximum atomic E-state index is 10.5. The molecular formula is C11H21NO2. The summed E-state index contributed by atoms with van der Waals surface area (Å²) in [6.45, 7) is 10.3. The van der Waals surface area contributed by atoms with Crippen molar-refractivity contribution in [3.63, 3.8) is 0 Å². The van der Waals surface area contributed by atoms with E-state index in [0.29, 0.717) is 18.5 Å². The Morgan fingerprint density at radius 3 is 2.50 bits per heavy atom. The number of hydrogen-bond acceptors (Lipinski definition) is 2. The highest BCUT2D eigenvalue weighted by Crippen LogP contribution is 2.09. The van der Waals surface area contributed by atoms with Crippen molar-refractivity contribution in [1.82, 2.24) is 5.32 Å². The molecule has 0 rings (SSSR count). The van der Waals surface area contributed by atoms with Crippen LogP contribution in [0.2, 0.25) is 0 Å². The summed E-state index contributed by atoms with van der Waals surface area (Å²) in [7, 11) is 0. The highest BCUT2D eigenvalue weighted by Gasteiger charge is 2.09. The standard InChI is InChI=1S/C11H21NO2/c1-5-8(2)6-10(4)12-7-9(3)11(13)14/h8,10,12H,3,5-7H2,1-2,4H3,(H,13,14). The molecule has 3 heteroatoms. The van der Waals surface area contributed by atoms with E-state index in [1.165, 1.54) is 0 Å². The van der Waals surface area contributed by atoms with Crippen LogP contribution < -0.4 is 5.32 Å². The van der Waals surface area contributed by atoms with Gasteiger partial charge in [-0.2, -0.15) is 0 Å². The Labute approximate surface area is 86.2 Å². The lowest BCUT2D eigenvalue weighted by atomic mass is 10.0. The molecule has 2 N–H and O–H groups in total. The number of rotatable bonds is 7. The predicted octanol–water partition coefficient (Wildman–Crippen LogP) is 2.04. The van der Waals surface area contributed by atoms with Crippen molar-refractivity contribution in [3.8, 4) is 0 Å². The van der Waals surface area contributed by atoms with E-state index in [0.717, 1.165) is 12.8 Å². The molecule has 82 valence electrons. The summed E-state index contributed by atoms with van der Waals surface area (Å²) in [5.41, 5.74) is 0.223. The van der Waals surface area contributed by atoms with Crippen LogP contribution in [-0.4, -0.2) is 23.7 Å². The molecule has 0 saturated carbocycles. The monoisotopic (exact) mass is 199 g/mol. The SMILES string of the molecule is C=C(CNC(C)CC(C)CC)C(=O)O. The van der Waals surface area contributed by atoms with Crippen molar-refractivity contribution in [1.29, 1.82) is 0 Å². The molecule has 0 aliphatic heterocycles. The van der Waals surface area contributed by atoms with Crippen molar-refractivity contribution in [3.05, 3.63) is 12.2 Å². The predicted molar refractivity (Wildman–Crippen MR) is 58.3 cm³/mol. The van der Waals surface area contributed by atoms with E-state index < -0.39 is 5.97 Å². The van der Waals surface area contributed by atoms with Crippen LogP contribution in [0, 0.1) is 5.92 Å². The van der Waals surface area contributed by atoms with Crippen molar-refractivity contribution >= 4 is 5.97 Å². The van der Waals surface area contributed by atoms with E-state index in [1.54, 1.807) is 0 Å². The van der Waals surface area contributed by atoms with Gasteiger partial charge in [0.1, 0.15) is 0 Å². The van der Waals surface area contributed by atoms with E-state index in [9.17, 15) is 4.79 Å². The fourth-order valence-corrected chi connectivity index (χ4v) is 1.23. The van der Waals surface area contributed by atoms with Crippen LogP contribution in [0.1, 0.15) is 33.6 Å². The Balaban J connectivity index is 3.68. The highest BCUT2D eigenvalue weighted by atomic mass is 16.4. The number of carbonyl (C=O) groups is 1. The molecule has 0 aliphatic carbocycles. The lowest BCUT2D eigenvalue weighted by Crippen LogP contribution is -2.30. The lowest BCUT2D eigenvalue weighted by molar-refractivity contribution is -0.132. The molecule has 0 radical (unpaired) electrons. The van der Waals surface area contributed by atoms with E-state index >= 15 is 0 Å². The fraction of sp³-hybridized carbons (Fsp3) is 0.727. The van der Waals surface area contributed by atoms with Crippen LogP contribution in [0.15, 0.2) is 12.2 Å². The quantitative estimate of drug-likeness (QED) is 0.617. The summed E-state index contributed by atoms with van der Waals surface area (Å²) in [4.78, 5) is 10.5. The van der Waals surface area contributed by atoms with Gasteiger partial charge in [-0.1, -0.05) is 26.8 Å². The summed E-state index contributed by atoms with van der Waals surface area (Å²) < 4.78 is 0. The third-order valence-electron chi connectivity index (χ3n) is 2.42. The Morgan fingerprint density at radius 2 is 2.07 bits per heavy atom. The van der Waals surface area contributed by atoms with E-state index in [4.69, 9.17) is 5.11 Å². The first-order valence-corrected chi connectivity index (χ1v) is 5.11. The first-order valence-electron chi connectivity index (χ1n) is 5.11. The Hall–Kier alpha value is -0.830. The minimum Gasteiger partial charge on any atom is -0.478 e. The third kappa shape index (κ3) is 5.75. The van der Waals surface area contributed by atoms with Crippen LogP contribution in [0.5, 0.6) is 0 Å². The molecular weight excluding hydrogens is 178 g/mol. The lowest BCUT2D eigenvalue weighted by Gasteiger charge is -2.17. The second-order valence-corrected chi connectivity index (χ2v) is 3.94. The Kier molecular flexibility index (Phi) is 6.21. The average molecular weight is 199 g/mol. The molecule has 2 unspecified atom stereocenters. The maximum Gasteiger partial charge on any atom is 0.332 e. The zero-order valence-corrected chi connectivity index (χ0v) is 9.34. The van der Waals surface area contributed by atoms with Crippen LogP contribution in [0.3, 0.4) is 0 Å². The normalized spacial score (nSPS) is 14.8. The number of carboxylic acids is 1. The molecule has 0 fully saturated rings. The van der Waals surface area contributed by atoms with Gasteiger partial charge >= 0.3 is 5.97 Å². The second kappa shape index (κ2) is 6.60. The number of hydrogen-bond donors (Lipinski definition) is 2. The molecule has 14 heavy (non-hydrogen) atoms. The zero-order valence-electron chi connectivity index (χ0n) is 9.34. The van der Waals surface area contributed by atoms with Gasteiger partial charge in [0.2, 0.25) is 0 Å². The Morgan fingerprint density at radius 1 is 1.50 bits per heavy atom. The largest absolute Gasteiger partial charge is 0.478 e. The topological polar surface area (TPSA) is 49.3 Å². The molecule has 2 atom stereocenters. The smallest absolute Gasteiger partial charge is 0.332 e. The van der Waals surface area contributed by atoms with Gasteiger partial charge in [0.15, 0.2) is 0 Å². The molecule has 0 aromatic heterocycles. The van der Waals surface area contributed by atoms with Gasteiger partial charge in [-0.25, -0.2) is 4.79 Å². The van der Waals surface area contributed by atoms with Gasteiger partial charge in [0.05, 0.1) is 0 Å². The van der Waals surface area contributed by atoms with Crippen LogP contribution >= 0.6 is 0 Å². The summed E-state index contributed by atoms with van der Waals surface area (Å²) in [5.74, 6) is -0.246. The van der Waals surface area contributed by atoms with Crippen LogP contribution in [-0.2, 0) is 4.79 Å². The molecule has 0 aliphatic rings. The fourth-order valence-electron chi connectivity index (χ4n) is 1.23.